The first kappa shape index (κ1) is 21.1. The highest BCUT2D eigenvalue weighted by molar-refractivity contribution is 5.62. The number of halogens is 3. The number of anilines is 3. The average molecular weight is 410 g/mol. The third kappa shape index (κ3) is 3.93. The first-order chi connectivity index (χ1) is 13.5. The monoisotopic (exact) mass is 410 g/mol. The second-order valence-corrected chi connectivity index (χ2v) is 7.94. The van der Waals surface area contributed by atoms with Gasteiger partial charge in [0.15, 0.2) is 5.82 Å². The highest BCUT2D eigenvalue weighted by atomic mass is 19.4. The number of alkyl halides is 3. The van der Waals surface area contributed by atoms with Crippen molar-refractivity contribution in [3.8, 4) is 0 Å². The van der Waals surface area contributed by atoms with Crippen LogP contribution in [-0.4, -0.2) is 33.7 Å². The SMILES string of the molecule is COC1(C)CC(Nc2nc(NCc3cnccc3C(F)(F)F)ncc2N)C1(C)C. The van der Waals surface area contributed by atoms with Crippen LogP contribution in [0.15, 0.2) is 24.7 Å². The van der Waals surface area contributed by atoms with Crippen molar-refractivity contribution in [2.45, 2.75) is 51.6 Å². The van der Waals surface area contributed by atoms with E-state index in [0.717, 1.165) is 18.7 Å². The lowest BCUT2D eigenvalue weighted by Crippen LogP contribution is -2.65. The summed E-state index contributed by atoms with van der Waals surface area (Å²) in [5.41, 5.74) is 5.18. The molecule has 3 rings (SSSR count). The molecular weight excluding hydrogens is 385 g/mol. The zero-order chi connectivity index (χ0) is 21.4. The first-order valence-electron chi connectivity index (χ1n) is 9.16. The van der Waals surface area contributed by atoms with Gasteiger partial charge in [0.25, 0.3) is 0 Å². The topological polar surface area (TPSA) is 98.0 Å². The summed E-state index contributed by atoms with van der Waals surface area (Å²) < 4.78 is 45.0. The Hall–Kier alpha value is -2.62. The molecule has 158 valence electrons. The summed E-state index contributed by atoms with van der Waals surface area (Å²) in [6.07, 6.45) is 0.0233. The molecule has 1 aliphatic carbocycles. The predicted molar refractivity (Wildman–Crippen MR) is 104 cm³/mol. The lowest BCUT2D eigenvalue weighted by Gasteiger charge is -2.59. The molecule has 2 aromatic rings. The van der Waals surface area contributed by atoms with Crippen LogP contribution in [0.25, 0.3) is 0 Å². The summed E-state index contributed by atoms with van der Waals surface area (Å²) in [6, 6.07) is 1.02. The number of methoxy groups -OCH3 is 1. The fourth-order valence-corrected chi connectivity index (χ4v) is 3.50. The summed E-state index contributed by atoms with van der Waals surface area (Å²) >= 11 is 0. The van der Waals surface area contributed by atoms with Crippen LogP contribution >= 0.6 is 0 Å². The summed E-state index contributed by atoms with van der Waals surface area (Å²) in [7, 11) is 1.69. The van der Waals surface area contributed by atoms with Crippen molar-refractivity contribution >= 4 is 17.5 Å². The second kappa shape index (κ2) is 7.33. The van der Waals surface area contributed by atoms with Gasteiger partial charge in [0.2, 0.25) is 5.95 Å². The maximum atomic E-state index is 13.1. The van der Waals surface area contributed by atoms with Crippen LogP contribution in [0.3, 0.4) is 0 Å². The molecule has 4 N–H and O–H groups in total. The lowest BCUT2D eigenvalue weighted by atomic mass is 9.56. The maximum absolute atomic E-state index is 13.1. The van der Waals surface area contributed by atoms with E-state index in [9.17, 15) is 13.2 Å². The van der Waals surface area contributed by atoms with Gasteiger partial charge in [-0.05, 0) is 19.4 Å². The highest BCUT2D eigenvalue weighted by Crippen LogP contribution is 2.52. The molecule has 10 heteroatoms. The van der Waals surface area contributed by atoms with Gasteiger partial charge in [-0.15, -0.1) is 0 Å². The van der Waals surface area contributed by atoms with Gasteiger partial charge in [-0.2, -0.15) is 18.2 Å². The number of pyridine rings is 1. The minimum absolute atomic E-state index is 0.00548. The fourth-order valence-electron chi connectivity index (χ4n) is 3.50. The molecule has 0 amide bonds. The largest absolute Gasteiger partial charge is 0.416 e. The molecular formula is C19H25F3N6O. The van der Waals surface area contributed by atoms with E-state index in [1.807, 2.05) is 6.92 Å². The van der Waals surface area contributed by atoms with E-state index >= 15 is 0 Å². The van der Waals surface area contributed by atoms with Gasteiger partial charge >= 0.3 is 6.18 Å². The third-order valence-electron chi connectivity index (χ3n) is 6.05. The minimum atomic E-state index is -4.46. The van der Waals surface area contributed by atoms with Gasteiger partial charge in [0, 0.05) is 43.1 Å². The van der Waals surface area contributed by atoms with Gasteiger partial charge < -0.3 is 21.1 Å². The smallest absolute Gasteiger partial charge is 0.394 e. The summed E-state index contributed by atoms with van der Waals surface area (Å²) in [6.45, 7) is 6.11. The Morgan fingerprint density at radius 1 is 1.28 bits per heavy atom. The van der Waals surface area contributed by atoms with E-state index in [2.05, 4.69) is 39.4 Å². The predicted octanol–water partition coefficient (Wildman–Crippen LogP) is 3.70. The molecule has 7 nitrogen and oxygen atoms in total. The number of nitrogens with two attached hydrogens (primary N) is 1. The molecule has 0 aliphatic heterocycles. The Labute approximate surface area is 167 Å². The van der Waals surface area contributed by atoms with E-state index in [1.165, 1.54) is 12.4 Å². The highest BCUT2D eigenvalue weighted by Gasteiger charge is 2.57. The van der Waals surface area contributed by atoms with Crippen LogP contribution in [0.2, 0.25) is 0 Å². The molecule has 2 atom stereocenters. The minimum Gasteiger partial charge on any atom is -0.394 e. The van der Waals surface area contributed by atoms with Gasteiger partial charge in [-0.3, -0.25) is 4.98 Å². The number of hydrogen-bond acceptors (Lipinski definition) is 7. The molecule has 2 aromatic heterocycles. The second-order valence-electron chi connectivity index (χ2n) is 7.94. The van der Waals surface area contributed by atoms with Gasteiger partial charge in [-0.1, -0.05) is 13.8 Å². The number of rotatable bonds is 6. The molecule has 0 aromatic carbocycles. The maximum Gasteiger partial charge on any atom is 0.416 e. The van der Waals surface area contributed by atoms with Crippen LogP contribution in [0, 0.1) is 5.41 Å². The molecule has 1 saturated carbocycles. The molecule has 0 saturated heterocycles. The third-order valence-corrected chi connectivity index (χ3v) is 6.05. The van der Waals surface area contributed by atoms with Crippen LogP contribution in [0.5, 0.6) is 0 Å². The number of hydrogen-bond donors (Lipinski definition) is 3. The van der Waals surface area contributed by atoms with E-state index < -0.39 is 11.7 Å². The van der Waals surface area contributed by atoms with Gasteiger partial charge in [0.1, 0.15) is 0 Å². The van der Waals surface area contributed by atoms with Crippen molar-refractivity contribution in [1.82, 2.24) is 15.0 Å². The number of ether oxygens (including phenoxy) is 1. The summed E-state index contributed by atoms with van der Waals surface area (Å²) in [4.78, 5) is 12.2. The van der Waals surface area contributed by atoms with Crippen LogP contribution < -0.4 is 16.4 Å². The Morgan fingerprint density at radius 3 is 2.62 bits per heavy atom. The Morgan fingerprint density at radius 2 is 2.00 bits per heavy atom. The zero-order valence-electron chi connectivity index (χ0n) is 16.8. The van der Waals surface area contributed by atoms with E-state index in [4.69, 9.17) is 10.5 Å². The van der Waals surface area contributed by atoms with Crippen molar-refractivity contribution in [1.29, 1.82) is 0 Å². The van der Waals surface area contributed by atoms with Crippen LogP contribution in [-0.2, 0) is 17.5 Å². The molecule has 1 fully saturated rings. The molecule has 0 bridgehead atoms. The van der Waals surface area contributed by atoms with Crippen molar-refractivity contribution in [3.05, 3.63) is 35.8 Å². The Balaban J connectivity index is 1.73. The van der Waals surface area contributed by atoms with E-state index in [1.54, 1.807) is 7.11 Å². The number of aromatic nitrogens is 3. The van der Waals surface area contributed by atoms with Crippen molar-refractivity contribution in [3.63, 3.8) is 0 Å². The molecule has 2 heterocycles. The van der Waals surface area contributed by atoms with Crippen molar-refractivity contribution < 1.29 is 17.9 Å². The number of nitrogens with zero attached hydrogens (tertiary/aromatic N) is 3. The van der Waals surface area contributed by atoms with Crippen LogP contribution in [0.1, 0.15) is 38.3 Å². The lowest BCUT2D eigenvalue weighted by molar-refractivity contribution is -0.166. The summed E-state index contributed by atoms with van der Waals surface area (Å²) in [5.74, 6) is 0.603. The summed E-state index contributed by atoms with van der Waals surface area (Å²) in [5, 5.41) is 6.13. The molecule has 1 aliphatic rings. The Bertz CT molecular complexity index is 888. The Kier molecular flexibility index (Phi) is 5.33. The quantitative estimate of drug-likeness (QED) is 0.668. The molecule has 2 unspecified atom stereocenters. The standard InChI is InChI=1S/C19H25F3N6O/c1-17(2)14(7-18(17,3)29-4)27-15-13(23)10-26-16(28-15)25-9-11-8-24-6-5-12(11)19(20,21)22/h5-6,8,10,14H,7,9,23H2,1-4H3,(H2,25,26,27,28). The zero-order valence-corrected chi connectivity index (χ0v) is 16.8. The van der Waals surface area contributed by atoms with E-state index in [-0.39, 0.29) is 35.1 Å². The molecule has 29 heavy (non-hydrogen) atoms. The van der Waals surface area contributed by atoms with Gasteiger partial charge in [0.05, 0.1) is 23.0 Å². The fraction of sp³-hybridized carbons (Fsp3) is 0.526. The average Bonchev–Trinajstić information content (AvgIpc) is 2.67. The number of nitrogens with one attached hydrogen (secondary N) is 2. The van der Waals surface area contributed by atoms with Crippen molar-refractivity contribution in [2.75, 3.05) is 23.5 Å². The normalized spacial score (nSPS) is 23.3. The van der Waals surface area contributed by atoms with Crippen molar-refractivity contribution in [2.24, 2.45) is 5.41 Å². The molecule has 0 spiro atoms. The van der Waals surface area contributed by atoms with Gasteiger partial charge in [-0.25, -0.2) is 4.98 Å². The van der Waals surface area contributed by atoms with E-state index in [0.29, 0.717) is 11.5 Å². The van der Waals surface area contributed by atoms with Crippen LogP contribution in [0.4, 0.5) is 30.6 Å². The molecule has 0 radical (unpaired) electrons. The first-order valence-corrected chi connectivity index (χ1v) is 9.16. The number of nitrogen functional groups attached to an aromatic ring is 1.